The summed E-state index contributed by atoms with van der Waals surface area (Å²) in [7, 11) is 0. The van der Waals surface area contributed by atoms with Crippen LogP contribution in [0.3, 0.4) is 0 Å². The number of morpholine rings is 1. The maximum Gasteiger partial charge on any atom is 0.320 e. The molecule has 2 amide bonds. The number of nitrogens with zero attached hydrogens (tertiary/aromatic N) is 6. The third-order valence-corrected chi connectivity index (χ3v) is 8.46. The maximum atomic E-state index is 13.4. The van der Waals surface area contributed by atoms with Crippen LogP contribution in [0.5, 0.6) is 5.75 Å². The molecule has 1 aliphatic heterocycles. The maximum absolute atomic E-state index is 13.4. The Morgan fingerprint density at radius 3 is 2.57 bits per heavy atom. The fourth-order valence-corrected chi connectivity index (χ4v) is 5.97. The molecule has 0 spiro atoms. The normalized spacial score (nSPS) is 19.2. The van der Waals surface area contributed by atoms with Crippen LogP contribution in [0.2, 0.25) is 0 Å². The van der Waals surface area contributed by atoms with Crippen molar-refractivity contribution in [2.75, 3.05) is 38.2 Å². The van der Waals surface area contributed by atoms with E-state index in [1.165, 1.54) is 0 Å². The number of hydrogen-bond donors (Lipinski definition) is 2. The average Bonchev–Trinajstić information content (AvgIpc) is 3.62. The molecule has 234 valence electrons. The first kappa shape index (κ1) is 30.1. The summed E-state index contributed by atoms with van der Waals surface area (Å²) in [6.07, 6.45) is 3.37. The van der Waals surface area contributed by atoms with E-state index in [1.54, 1.807) is 0 Å². The molecule has 0 unspecified atom stereocenters. The molecular formula is C33H44N8O3. The summed E-state index contributed by atoms with van der Waals surface area (Å²) in [4.78, 5) is 15.8. The predicted molar refractivity (Wildman–Crippen MR) is 169 cm³/mol. The molecule has 4 aromatic rings. The number of fused-ring (bicyclic) bond motifs is 2. The van der Waals surface area contributed by atoms with Gasteiger partial charge in [-0.25, -0.2) is 9.48 Å². The molecule has 1 aromatic carbocycles. The van der Waals surface area contributed by atoms with Gasteiger partial charge in [0, 0.05) is 37.0 Å². The fourth-order valence-electron chi connectivity index (χ4n) is 5.97. The Kier molecular flexibility index (Phi) is 8.59. The van der Waals surface area contributed by atoms with Gasteiger partial charge in [-0.2, -0.15) is 5.10 Å². The van der Waals surface area contributed by atoms with Gasteiger partial charge in [0.25, 0.3) is 0 Å². The molecule has 1 saturated heterocycles. The van der Waals surface area contributed by atoms with E-state index in [9.17, 15) is 4.79 Å². The summed E-state index contributed by atoms with van der Waals surface area (Å²) >= 11 is 0. The van der Waals surface area contributed by atoms with Crippen LogP contribution < -0.4 is 15.4 Å². The van der Waals surface area contributed by atoms with Crippen LogP contribution >= 0.6 is 0 Å². The van der Waals surface area contributed by atoms with Crippen molar-refractivity contribution in [3.8, 4) is 5.75 Å². The zero-order valence-corrected chi connectivity index (χ0v) is 26.4. The summed E-state index contributed by atoms with van der Waals surface area (Å²) in [5, 5.41) is 19.8. The average molecular weight is 601 g/mol. The Morgan fingerprint density at radius 2 is 1.82 bits per heavy atom. The Balaban J connectivity index is 1.15. The number of aromatic nitrogens is 5. The standard InChI is InChI=1S/C33H44N8O3/c1-22(2)31-37-36-29-13-10-23(21-40(29)31)44-27-12-11-26(24-8-6-7-9-25(24)27)34-32(42)35-30-20-28(33(3,4)5)38-41(30)15-14-39-16-18-43-19-17-39/h6-10,13,20-22,26-27H,11-12,14-19H2,1-5H3,(H2,34,35,42)/t26-,27+/m0/s1. The summed E-state index contributed by atoms with van der Waals surface area (Å²) < 4.78 is 16.0. The van der Waals surface area contributed by atoms with Gasteiger partial charge >= 0.3 is 6.03 Å². The Morgan fingerprint density at radius 1 is 1.05 bits per heavy atom. The molecular weight excluding hydrogens is 556 g/mol. The zero-order chi connectivity index (χ0) is 30.8. The van der Waals surface area contributed by atoms with Crippen LogP contribution in [0.25, 0.3) is 5.65 Å². The van der Waals surface area contributed by atoms with E-state index >= 15 is 0 Å². The van der Waals surface area contributed by atoms with Crippen LogP contribution in [0, 0.1) is 0 Å². The number of carbonyl (C=O) groups excluding carboxylic acids is 1. The minimum Gasteiger partial charge on any atom is -0.484 e. The zero-order valence-electron chi connectivity index (χ0n) is 26.4. The molecule has 0 bridgehead atoms. The number of nitrogens with one attached hydrogen (secondary N) is 2. The largest absolute Gasteiger partial charge is 0.484 e. The van der Waals surface area contributed by atoms with Crippen LogP contribution in [0.15, 0.2) is 48.7 Å². The first-order chi connectivity index (χ1) is 21.2. The lowest BCUT2D eigenvalue weighted by Crippen LogP contribution is -2.39. The highest BCUT2D eigenvalue weighted by Crippen LogP contribution is 2.39. The van der Waals surface area contributed by atoms with Gasteiger partial charge in [0.1, 0.15) is 23.5 Å². The molecule has 0 radical (unpaired) electrons. The fraction of sp³-hybridized carbons (Fsp3) is 0.515. The minimum atomic E-state index is -0.239. The molecule has 0 saturated carbocycles. The monoisotopic (exact) mass is 600 g/mol. The van der Waals surface area contributed by atoms with Crippen LogP contribution in [0.4, 0.5) is 10.6 Å². The molecule has 1 fully saturated rings. The number of pyridine rings is 1. The predicted octanol–water partition coefficient (Wildman–Crippen LogP) is 5.46. The van der Waals surface area contributed by atoms with Gasteiger partial charge in [-0.3, -0.25) is 14.6 Å². The highest BCUT2D eigenvalue weighted by atomic mass is 16.5. The van der Waals surface area contributed by atoms with Gasteiger partial charge in [0.05, 0.1) is 37.7 Å². The SMILES string of the molecule is CC(C)c1nnc2ccc(O[C@@H]3CC[C@H](NC(=O)Nc4cc(C(C)(C)C)nn4CCN4CCOCC4)c4ccccc43)cn12. The van der Waals surface area contributed by atoms with Crippen molar-refractivity contribution in [2.45, 2.75) is 77.5 Å². The van der Waals surface area contributed by atoms with E-state index in [-0.39, 0.29) is 29.5 Å². The number of carbonyl (C=O) groups is 1. The van der Waals surface area contributed by atoms with Gasteiger partial charge in [0.15, 0.2) is 5.65 Å². The Labute approximate surface area is 258 Å². The molecule has 6 rings (SSSR count). The second-order valence-corrected chi connectivity index (χ2v) is 13.1. The van der Waals surface area contributed by atoms with Crippen molar-refractivity contribution >= 4 is 17.5 Å². The molecule has 4 heterocycles. The van der Waals surface area contributed by atoms with Crippen molar-refractivity contribution in [1.29, 1.82) is 0 Å². The number of benzene rings is 1. The van der Waals surface area contributed by atoms with Crippen molar-refractivity contribution in [3.63, 3.8) is 0 Å². The molecule has 2 aliphatic rings. The lowest BCUT2D eigenvalue weighted by atomic mass is 9.85. The van der Waals surface area contributed by atoms with E-state index in [1.807, 2.05) is 45.6 Å². The first-order valence-electron chi connectivity index (χ1n) is 15.7. The van der Waals surface area contributed by atoms with Crippen molar-refractivity contribution < 1.29 is 14.3 Å². The number of anilines is 1. The summed E-state index contributed by atoms with van der Waals surface area (Å²) in [5.41, 5.74) is 3.77. The van der Waals surface area contributed by atoms with Gasteiger partial charge in [-0.05, 0) is 36.1 Å². The lowest BCUT2D eigenvalue weighted by molar-refractivity contribution is 0.0360. The summed E-state index contributed by atoms with van der Waals surface area (Å²) in [5.74, 6) is 2.62. The molecule has 3 aromatic heterocycles. The van der Waals surface area contributed by atoms with E-state index in [0.29, 0.717) is 12.4 Å². The Hall–Kier alpha value is -3.96. The van der Waals surface area contributed by atoms with Crippen LogP contribution in [0.1, 0.15) is 88.2 Å². The second-order valence-electron chi connectivity index (χ2n) is 13.1. The van der Waals surface area contributed by atoms with Gasteiger partial charge in [-0.1, -0.05) is 58.9 Å². The second kappa shape index (κ2) is 12.6. The molecule has 11 heteroatoms. The molecule has 11 nitrogen and oxygen atoms in total. The first-order valence-corrected chi connectivity index (χ1v) is 15.7. The highest BCUT2D eigenvalue weighted by molar-refractivity contribution is 5.88. The lowest BCUT2D eigenvalue weighted by Gasteiger charge is -2.32. The summed E-state index contributed by atoms with van der Waals surface area (Å²) in [6, 6.07) is 13.7. The van der Waals surface area contributed by atoms with Gasteiger partial charge < -0.3 is 14.8 Å². The quantitative estimate of drug-likeness (QED) is 0.277. The van der Waals surface area contributed by atoms with Crippen LogP contribution in [-0.2, 0) is 16.7 Å². The highest BCUT2D eigenvalue weighted by Gasteiger charge is 2.30. The van der Waals surface area contributed by atoms with E-state index in [2.05, 4.69) is 72.5 Å². The van der Waals surface area contributed by atoms with Gasteiger partial charge in [-0.15, -0.1) is 10.2 Å². The molecule has 2 N–H and O–H groups in total. The number of hydrogen-bond acceptors (Lipinski definition) is 7. The topological polar surface area (TPSA) is 111 Å². The minimum absolute atomic E-state index is 0.125. The number of amides is 2. The van der Waals surface area contributed by atoms with E-state index < -0.39 is 0 Å². The smallest absolute Gasteiger partial charge is 0.320 e. The third-order valence-electron chi connectivity index (χ3n) is 8.46. The number of urea groups is 1. The summed E-state index contributed by atoms with van der Waals surface area (Å²) in [6.45, 7) is 15.5. The van der Waals surface area contributed by atoms with Crippen LogP contribution in [-0.4, -0.2) is 68.2 Å². The number of ether oxygens (including phenoxy) is 2. The van der Waals surface area contributed by atoms with Crippen molar-refractivity contribution in [1.82, 2.24) is 34.6 Å². The number of rotatable bonds is 8. The molecule has 44 heavy (non-hydrogen) atoms. The Bertz CT molecular complexity index is 1600. The van der Waals surface area contributed by atoms with Gasteiger partial charge in [0.2, 0.25) is 0 Å². The molecule has 1 aliphatic carbocycles. The van der Waals surface area contributed by atoms with E-state index in [0.717, 1.165) is 79.7 Å². The van der Waals surface area contributed by atoms with E-state index in [4.69, 9.17) is 14.6 Å². The van der Waals surface area contributed by atoms with Crippen molar-refractivity contribution in [3.05, 3.63) is 71.3 Å². The van der Waals surface area contributed by atoms with Crippen molar-refractivity contribution in [2.24, 2.45) is 0 Å². The molecule has 2 atom stereocenters. The third kappa shape index (κ3) is 6.58.